The maximum atomic E-state index is 8.39. The Labute approximate surface area is 108 Å². The molecular weight excluding hydrogens is 909 g/mol. The second-order valence-corrected chi connectivity index (χ2v) is 19.4. The van der Waals surface area contributed by atoms with Crippen LogP contribution in [0, 0.1) is 0 Å². The second-order valence-electron chi connectivity index (χ2n) is 0.621. The molecule has 0 bridgehead atoms. The van der Waals surface area contributed by atoms with Gasteiger partial charge in [0.1, 0.15) is 0 Å². The van der Waals surface area contributed by atoms with Crippen LogP contribution in [0.2, 0.25) is 0 Å². The number of rotatable bonds is 0. The van der Waals surface area contributed by atoms with Crippen molar-refractivity contribution in [1.82, 2.24) is 0 Å². The average molecular weight is 909 g/mol. The van der Waals surface area contributed by atoms with Crippen molar-refractivity contribution in [3.8, 4) is 0 Å². The summed E-state index contributed by atoms with van der Waals surface area (Å²) in [6, 6.07) is 0. The third-order valence-electron chi connectivity index (χ3n) is 0.276. The molecule has 0 aromatic heterocycles. The number of hydrogen-bond donors (Lipinski definition) is 0. The van der Waals surface area contributed by atoms with E-state index in [4.69, 9.17) is 3.96 Å². The van der Waals surface area contributed by atoms with Gasteiger partial charge in [0.2, 0.25) is 0 Å². The van der Waals surface area contributed by atoms with Gasteiger partial charge in [-0.1, -0.05) is 0 Å². The van der Waals surface area contributed by atoms with E-state index in [0.29, 0.717) is 0 Å². The molecule has 0 aliphatic carbocycles. The molecule has 1 fully saturated rings. The van der Waals surface area contributed by atoms with Gasteiger partial charge < -0.3 is 0 Å². The van der Waals surface area contributed by atoms with E-state index >= 15 is 0 Å². The minimum atomic E-state index is -1.15. The summed E-state index contributed by atoms with van der Waals surface area (Å²) in [5.41, 5.74) is 0. The van der Waals surface area contributed by atoms with Crippen molar-refractivity contribution in [3.05, 3.63) is 0 Å². The monoisotopic (exact) mass is 912 g/mol. The van der Waals surface area contributed by atoms with Gasteiger partial charge >= 0.3 is 111 Å². The molecule has 1 aliphatic heterocycles. The molecule has 0 unspecified atom stereocenters. The fraction of sp³-hybridized carbons (Fsp3) is 0. The van der Waals surface area contributed by atoms with Crippen molar-refractivity contribution in [3.63, 3.8) is 0 Å². The van der Waals surface area contributed by atoms with E-state index in [9.17, 15) is 0 Å². The molecule has 0 aromatic carbocycles. The Hall–Kier alpha value is 3.33. The molecule has 1 heterocycles. The first-order chi connectivity index (χ1) is 4.50. The predicted octanol–water partition coefficient (Wildman–Crippen LogP) is -1.92. The van der Waals surface area contributed by atoms with Crippen LogP contribution in [0.3, 0.4) is 0 Å². The Morgan fingerprint density at radius 1 is 0.889 bits per heavy atom. The molecule has 9 heavy (non-hydrogen) atoms. The Morgan fingerprint density at radius 2 is 1.33 bits per heavy atom. The fourth-order valence-corrected chi connectivity index (χ4v) is 21.9. The molecule has 0 amide bonds. The molecule has 9 heteroatoms. The molecule has 8 radical (unpaired) electrons. The van der Waals surface area contributed by atoms with E-state index in [1.807, 2.05) is 0 Å². The van der Waals surface area contributed by atoms with Gasteiger partial charge in [0.05, 0.1) is 0 Å². The van der Waals surface area contributed by atoms with Crippen LogP contribution in [-0.4, -0.2) is 101 Å². The summed E-state index contributed by atoms with van der Waals surface area (Å²) in [4.78, 5) is 0. The number of hydrogen-bond acceptors (Lipinski definition) is 5. The Kier molecular flexibility index (Phi) is 15.5. The molecule has 1 rings (SSSR count). The van der Waals surface area contributed by atoms with Gasteiger partial charge in [-0.15, -0.1) is 0 Å². The Balaban J connectivity index is 0.000000291. The molecule has 0 N–H and O–H groups in total. The van der Waals surface area contributed by atoms with Gasteiger partial charge in [0, 0.05) is 0 Å². The van der Waals surface area contributed by atoms with Crippen LogP contribution < -0.4 is 0 Å². The third-order valence-corrected chi connectivity index (χ3v) is 16.6. The average Bonchev–Trinajstić information content (AvgIpc) is 2.21. The standard InChI is InChI=1S/O2.3O.4Pb/c1-2;;;;;;;/q-2;;;;;;2*+1. The van der Waals surface area contributed by atoms with E-state index in [1.54, 1.807) is 0 Å². The molecule has 0 spiro atoms. The molecular formula is O5Pb4. The summed E-state index contributed by atoms with van der Waals surface area (Å²) in [6.45, 7) is 0. The maximum absolute atomic E-state index is 8.39. The predicted molar refractivity (Wildman–Crippen MR) is 28.0 cm³/mol. The molecule has 0 aromatic rings. The zero-order chi connectivity index (χ0) is 6.95. The van der Waals surface area contributed by atoms with E-state index < -0.39 is 75.4 Å². The van der Waals surface area contributed by atoms with Crippen molar-refractivity contribution < 1.29 is 9.64 Å². The zero-order valence-electron chi connectivity index (χ0n) is 4.04. The van der Waals surface area contributed by atoms with E-state index in [1.165, 1.54) is 0 Å². The summed E-state index contributed by atoms with van der Waals surface area (Å²) in [5.74, 6) is 0. The van der Waals surface area contributed by atoms with Gasteiger partial charge in [-0.25, -0.2) is 0 Å². The first-order valence-corrected chi connectivity index (χ1v) is 12.7. The van der Waals surface area contributed by atoms with Crippen molar-refractivity contribution >= 4 is 101 Å². The molecule has 1 saturated heterocycles. The Morgan fingerprint density at radius 3 is 1.78 bits per heavy atom. The van der Waals surface area contributed by atoms with Crippen LogP contribution in [0.25, 0.3) is 0 Å². The van der Waals surface area contributed by atoms with E-state index in [0.717, 1.165) is 0 Å². The fourth-order valence-electron chi connectivity index (χ4n) is 0.123. The minimum absolute atomic E-state index is 0.0556. The summed E-state index contributed by atoms with van der Waals surface area (Å²) in [6.07, 6.45) is 0. The molecule has 5 nitrogen and oxygen atoms in total. The topological polar surface area (TPSA) is 54.0 Å². The van der Waals surface area contributed by atoms with Crippen LogP contribution >= 0.6 is 0 Å². The summed E-state index contributed by atoms with van der Waals surface area (Å²) >= 11 is -3.26. The van der Waals surface area contributed by atoms with Gasteiger partial charge in [-0.2, -0.15) is 0 Å². The van der Waals surface area contributed by atoms with Gasteiger partial charge in [0.25, 0.3) is 0 Å². The van der Waals surface area contributed by atoms with Crippen LogP contribution in [0.1, 0.15) is 0 Å². The first kappa shape index (κ1) is 12.3. The normalized spacial score (nSPS) is 19.1. The molecule has 0 saturated carbocycles. The molecule has 0 atom stereocenters. The van der Waals surface area contributed by atoms with Crippen molar-refractivity contribution in [2.24, 2.45) is 0 Å². The van der Waals surface area contributed by atoms with Crippen molar-refractivity contribution in [2.75, 3.05) is 0 Å². The second kappa shape index (κ2) is 11.3. The summed E-state index contributed by atoms with van der Waals surface area (Å²) < 4.78 is 27.9. The van der Waals surface area contributed by atoms with E-state index in [2.05, 4.69) is 5.68 Å². The zero-order valence-corrected chi connectivity index (χ0v) is 19.6. The summed E-state index contributed by atoms with van der Waals surface area (Å²) in [5, 5.41) is 0. The van der Waals surface area contributed by atoms with Crippen LogP contribution in [-0.2, 0) is 9.64 Å². The Bertz CT molecular complexity index is 37.3. The molecule has 46 valence electrons. The van der Waals surface area contributed by atoms with Crippen LogP contribution in [0.15, 0.2) is 0 Å². The van der Waals surface area contributed by atoms with Crippen LogP contribution in [0.5, 0.6) is 0 Å². The van der Waals surface area contributed by atoms with Gasteiger partial charge in [0.15, 0.2) is 0 Å². The summed E-state index contributed by atoms with van der Waals surface area (Å²) in [7, 11) is 0. The van der Waals surface area contributed by atoms with Crippen LogP contribution in [0.4, 0.5) is 0 Å². The third kappa shape index (κ3) is 9.24. The van der Waals surface area contributed by atoms with E-state index in [-0.39, 0.29) is 25.8 Å². The van der Waals surface area contributed by atoms with Crippen molar-refractivity contribution in [1.29, 1.82) is 0 Å². The molecule has 1 aliphatic rings. The SMILES string of the molecule is [O]1[O][Pb][O][Pb][O][Pb]1.[O]=[Pb]. The quantitative estimate of drug-likeness (QED) is 0.210. The van der Waals surface area contributed by atoms with Crippen molar-refractivity contribution in [2.45, 2.75) is 0 Å². The van der Waals surface area contributed by atoms with Gasteiger partial charge in [-0.3, -0.25) is 0 Å². The van der Waals surface area contributed by atoms with Gasteiger partial charge in [-0.05, 0) is 0 Å². The first-order valence-electron chi connectivity index (χ1n) is 1.60.